The number of carbonyl (C=O) groups is 2. The molecule has 0 heterocycles. The van der Waals surface area contributed by atoms with E-state index in [1.807, 2.05) is 0 Å². The number of carbonyl (C=O) groups excluding carboxylic acids is 2. The van der Waals surface area contributed by atoms with Crippen molar-refractivity contribution >= 4 is 11.9 Å². The number of methoxy groups -OCH3 is 1. The van der Waals surface area contributed by atoms with Crippen molar-refractivity contribution in [2.75, 3.05) is 7.11 Å². The predicted octanol–water partition coefficient (Wildman–Crippen LogP) is 10.5. The molecule has 0 aliphatic heterocycles. The van der Waals surface area contributed by atoms with Crippen LogP contribution in [0.4, 0.5) is 0 Å². The molecule has 0 saturated heterocycles. The summed E-state index contributed by atoms with van der Waals surface area (Å²) in [6.07, 6.45) is 30.9. The Hall–Kier alpha value is -1.06. The van der Waals surface area contributed by atoms with Crippen molar-refractivity contribution in [3.63, 3.8) is 0 Å². The van der Waals surface area contributed by atoms with Gasteiger partial charge in [-0.1, -0.05) is 155 Å². The van der Waals surface area contributed by atoms with Gasteiger partial charge in [-0.25, -0.2) is 0 Å². The largest absolute Gasteiger partial charge is 0.469 e. The molecule has 0 N–H and O–H groups in total. The van der Waals surface area contributed by atoms with Crippen LogP contribution in [0.1, 0.15) is 181 Å². The van der Waals surface area contributed by atoms with Crippen molar-refractivity contribution in [2.24, 2.45) is 5.92 Å². The van der Waals surface area contributed by atoms with Gasteiger partial charge in [-0.2, -0.15) is 0 Å². The zero-order valence-corrected chi connectivity index (χ0v) is 25.5. The number of unbranched alkanes of at least 4 members (excludes halogenated alkanes) is 21. The van der Waals surface area contributed by atoms with E-state index in [0.717, 1.165) is 38.5 Å². The van der Waals surface area contributed by atoms with Gasteiger partial charge in [0.25, 0.3) is 0 Å². The van der Waals surface area contributed by atoms with E-state index in [1.54, 1.807) is 0 Å². The fourth-order valence-electron chi connectivity index (χ4n) is 5.38. The molecule has 2 atom stereocenters. The normalized spacial score (nSPS) is 12.9. The molecule has 0 aromatic rings. The number of ether oxygens (including phenoxy) is 2. The Kier molecular flexibility index (Phi) is 27.2. The molecule has 0 saturated carbocycles. The van der Waals surface area contributed by atoms with Gasteiger partial charge in [0.2, 0.25) is 0 Å². The second-order valence-electron chi connectivity index (χ2n) is 11.3. The first-order chi connectivity index (χ1) is 18.1. The van der Waals surface area contributed by atoms with E-state index in [-0.39, 0.29) is 24.0 Å². The van der Waals surface area contributed by atoms with Crippen LogP contribution in [0.2, 0.25) is 0 Å². The molecule has 4 heteroatoms. The van der Waals surface area contributed by atoms with E-state index in [0.29, 0.717) is 0 Å². The Morgan fingerprint density at radius 2 is 0.838 bits per heavy atom. The standard InChI is InChI=1S/C33H64O4/c1-5-7-9-11-13-15-17-18-19-21-23-25-27-29-32(37-30(3)34)31(33(35)36-4)28-26-24-22-20-16-14-12-10-8-6-2/h31-32H,5-29H2,1-4H3/t31-,32+/m1/s1. The lowest BCUT2D eigenvalue weighted by Crippen LogP contribution is -2.33. The predicted molar refractivity (Wildman–Crippen MR) is 158 cm³/mol. The lowest BCUT2D eigenvalue weighted by atomic mass is 9.91. The minimum absolute atomic E-state index is 0.225. The number of esters is 2. The Morgan fingerprint density at radius 3 is 1.16 bits per heavy atom. The highest BCUT2D eigenvalue weighted by Gasteiger charge is 2.30. The lowest BCUT2D eigenvalue weighted by Gasteiger charge is -2.25. The van der Waals surface area contributed by atoms with Crippen LogP contribution < -0.4 is 0 Å². The summed E-state index contributed by atoms with van der Waals surface area (Å²) in [5.41, 5.74) is 0. The van der Waals surface area contributed by atoms with E-state index in [2.05, 4.69) is 13.8 Å². The summed E-state index contributed by atoms with van der Waals surface area (Å²) < 4.78 is 10.8. The third-order valence-electron chi connectivity index (χ3n) is 7.73. The Balaban J connectivity index is 4.12. The fraction of sp³-hybridized carbons (Fsp3) is 0.939. The average molecular weight is 525 g/mol. The third kappa shape index (κ3) is 23.8. The highest BCUT2D eigenvalue weighted by molar-refractivity contribution is 5.74. The van der Waals surface area contributed by atoms with Crippen molar-refractivity contribution in [1.82, 2.24) is 0 Å². The van der Waals surface area contributed by atoms with Crippen molar-refractivity contribution in [3.8, 4) is 0 Å². The van der Waals surface area contributed by atoms with E-state index in [1.165, 1.54) is 136 Å². The van der Waals surface area contributed by atoms with Crippen LogP contribution in [-0.4, -0.2) is 25.2 Å². The van der Waals surface area contributed by atoms with Crippen molar-refractivity contribution in [3.05, 3.63) is 0 Å². The molecule has 0 spiro atoms. The fourth-order valence-corrected chi connectivity index (χ4v) is 5.38. The van der Waals surface area contributed by atoms with Gasteiger partial charge in [-0.15, -0.1) is 0 Å². The van der Waals surface area contributed by atoms with Crippen LogP contribution in [-0.2, 0) is 19.1 Å². The van der Waals surface area contributed by atoms with Gasteiger partial charge in [0.05, 0.1) is 13.0 Å². The van der Waals surface area contributed by atoms with Crippen LogP contribution in [0.25, 0.3) is 0 Å². The second-order valence-corrected chi connectivity index (χ2v) is 11.3. The third-order valence-corrected chi connectivity index (χ3v) is 7.73. The van der Waals surface area contributed by atoms with Crippen molar-refractivity contribution < 1.29 is 19.1 Å². The second kappa shape index (κ2) is 28.0. The maximum absolute atomic E-state index is 12.5. The molecule has 220 valence electrons. The van der Waals surface area contributed by atoms with Crippen molar-refractivity contribution in [2.45, 2.75) is 187 Å². The van der Waals surface area contributed by atoms with Crippen LogP contribution in [0.15, 0.2) is 0 Å². The summed E-state index contributed by atoms with van der Waals surface area (Å²) >= 11 is 0. The van der Waals surface area contributed by atoms with E-state index in [4.69, 9.17) is 9.47 Å². The Labute approximate surface area is 231 Å². The van der Waals surface area contributed by atoms with Crippen LogP contribution in [0, 0.1) is 5.92 Å². The summed E-state index contributed by atoms with van der Waals surface area (Å²) in [5, 5.41) is 0. The first-order valence-electron chi connectivity index (χ1n) is 16.3. The minimum atomic E-state index is -0.351. The molecule has 37 heavy (non-hydrogen) atoms. The molecule has 0 fully saturated rings. The summed E-state index contributed by atoms with van der Waals surface area (Å²) in [4.78, 5) is 24.3. The molecule has 0 radical (unpaired) electrons. The van der Waals surface area contributed by atoms with Gasteiger partial charge in [0, 0.05) is 6.92 Å². The van der Waals surface area contributed by atoms with Gasteiger partial charge in [-0.3, -0.25) is 9.59 Å². The van der Waals surface area contributed by atoms with Crippen molar-refractivity contribution in [1.29, 1.82) is 0 Å². The Bertz CT molecular complexity index is 505. The molecule has 0 aromatic carbocycles. The topological polar surface area (TPSA) is 52.6 Å². The molecule has 0 bridgehead atoms. The maximum Gasteiger partial charge on any atom is 0.312 e. The minimum Gasteiger partial charge on any atom is -0.469 e. The van der Waals surface area contributed by atoms with Crippen LogP contribution >= 0.6 is 0 Å². The zero-order chi connectivity index (χ0) is 27.4. The SMILES string of the molecule is CCCCCCCCCCCCCCC[C@H](OC(C)=O)[C@@H](CCCCCCCCCCCC)C(=O)OC. The van der Waals surface area contributed by atoms with E-state index in [9.17, 15) is 9.59 Å². The highest BCUT2D eigenvalue weighted by Crippen LogP contribution is 2.24. The molecule has 0 amide bonds. The molecular formula is C33H64O4. The highest BCUT2D eigenvalue weighted by atomic mass is 16.6. The van der Waals surface area contributed by atoms with Gasteiger partial charge >= 0.3 is 11.9 Å². The summed E-state index contributed by atoms with van der Waals surface area (Å²) in [6.45, 7) is 5.98. The molecule has 0 rings (SSSR count). The molecule has 0 aliphatic carbocycles. The zero-order valence-electron chi connectivity index (χ0n) is 25.5. The lowest BCUT2D eigenvalue weighted by molar-refractivity contribution is -0.160. The van der Waals surface area contributed by atoms with E-state index < -0.39 is 0 Å². The number of hydrogen-bond acceptors (Lipinski definition) is 4. The number of hydrogen-bond donors (Lipinski definition) is 0. The molecule has 0 aromatic heterocycles. The molecule has 0 unspecified atom stereocenters. The van der Waals surface area contributed by atoms with Crippen LogP contribution in [0.3, 0.4) is 0 Å². The first-order valence-corrected chi connectivity index (χ1v) is 16.3. The molecular weight excluding hydrogens is 460 g/mol. The summed E-state index contributed by atoms with van der Waals surface area (Å²) in [7, 11) is 1.45. The smallest absolute Gasteiger partial charge is 0.312 e. The van der Waals surface area contributed by atoms with Gasteiger partial charge in [-0.05, 0) is 19.3 Å². The van der Waals surface area contributed by atoms with Crippen LogP contribution in [0.5, 0.6) is 0 Å². The maximum atomic E-state index is 12.5. The average Bonchev–Trinajstić information content (AvgIpc) is 2.88. The summed E-state index contributed by atoms with van der Waals surface area (Å²) in [5.74, 6) is -0.853. The molecule has 4 nitrogen and oxygen atoms in total. The van der Waals surface area contributed by atoms with Gasteiger partial charge < -0.3 is 9.47 Å². The summed E-state index contributed by atoms with van der Waals surface area (Å²) in [6, 6.07) is 0. The quantitative estimate of drug-likeness (QED) is 0.0754. The monoisotopic (exact) mass is 524 g/mol. The molecule has 0 aliphatic rings. The Morgan fingerprint density at radius 1 is 0.514 bits per heavy atom. The van der Waals surface area contributed by atoms with Gasteiger partial charge in [0.15, 0.2) is 0 Å². The van der Waals surface area contributed by atoms with Gasteiger partial charge in [0.1, 0.15) is 6.10 Å². The van der Waals surface area contributed by atoms with E-state index >= 15 is 0 Å². The number of rotatable bonds is 28. The first kappa shape index (κ1) is 35.9.